The lowest BCUT2D eigenvalue weighted by Crippen LogP contribution is -2.07. The van der Waals surface area contributed by atoms with E-state index in [9.17, 15) is 9.59 Å². The molecule has 2 N–H and O–H groups in total. The summed E-state index contributed by atoms with van der Waals surface area (Å²) in [5.74, 6) is -1.22. The van der Waals surface area contributed by atoms with Crippen LogP contribution in [0.15, 0.2) is 30.6 Å². The van der Waals surface area contributed by atoms with E-state index in [-0.39, 0.29) is 11.5 Å². The van der Waals surface area contributed by atoms with Crippen molar-refractivity contribution < 1.29 is 14.7 Å². The summed E-state index contributed by atoms with van der Waals surface area (Å²) in [7, 11) is 0. The number of carboxylic acid groups (broad SMARTS) is 1. The Bertz CT molecular complexity index is 608. The molecule has 1 aromatic carbocycles. The van der Waals surface area contributed by atoms with Crippen molar-refractivity contribution in [3.8, 4) is 0 Å². The Labute approximate surface area is 97.1 Å². The third-order valence-electron chi connectivity index (χ3n) is 2.36. The van der Waals surface area contributed by atoms with Gasteiger partial charge in [-0.1, -0.05) is 0 Å². The van der Waals surface area contributed by atoms with Gasteiger partial charge in [-0.3, -0.25) is 9.78 Å². The van der Waals surface area contributed by atoms with E-state index in [1.165, 1.54) is 19.2 Å². The largest absolute Gasteiger partial charge is 0.478 e. The number of nitrogens with zero attached hydrogens (tertiary/aromatic N) is 1. The van der Waals surface area contributed by atoms with E-state index in [0.717, 1.165) is 0 Å². The van der Waals surface area contributed by atoms with Gasteiger partial charge in [0.25, 0.3) is 0 Å². The number of carboxylic acids is 1. The Morgan fingerprint density at radius 1 is 1.24 bits per heavy atom. The highest BCUT2D eigenvalue weighted by molar-refractivity contribution is 6.09. The van der Waals surface area contributed by atoms with Crippen LogP contribution in [0.4, 0.5) is 5.69 Å². The summed E-state index contributed by atoms with van der Waals surface area (Å²) in [6, 6.07) is 4.71. The Morgan fingerprint density at radius 2 is 2.00 bits per heavy atom. The van der Waals surface area contributed by atoms with E-state index in [1.54, 1.807) is 18.3 Å². The summed E-state index contributed by atoms with van der Waals surface area (Å²) in [6.45, 7) is 1.40. The fourth-order valence-electron chi connectivity index (χ4n) is 1.68. The first kappa shape index (κ1) is 11.1. The summed E-state index contributed by atoms with van der Waals surface area (Å²) < 4.78 is 0. The Kier molecular flexibility index (Phi) is 2.74. The number of anilines is 1. The molecule has 0 aliphatic rings. The Hall–Kier alpha value is -2.43. The van der Waals surface area contributed by atoms with Crippen LogP contribution in [0.1, 0.15) is 17.3 Å². The third kappa shape index (κ3) is 2.08. The number of hydrogen-bond acceptors (Lipinski definition) is 3. The molecule has 1 aromatic heterocycles. The zero-order valence-corrected chi connectivity index (χ0v) is 9.10. The molecule has 0 atom stereocenters. The minimum Gasteiger partial charge on any atom is -0.478 e. The zero-order valence-electron chi connectivity index (χ0n) is 9.10. The smallest absolute Gasteiger partial charge is 0.336 e. The van der Waals surface area contributed by atoms with Gasteiger partial charge in [-0.2, -0.15) is 0 Å². The first-order valence-electron chi connectivity index (χ1n) is 4.97. The van der Waals surface area contributed by atoms with Crippen LogP contribution in [-0.4, -0.2) is 22.0 Å². The van der Waals surface area contributed by atoms with Gasteiger partial charge in [0.2, 0.25) is 5.91 Å². The number of rotatable bonds is 2. The lowest BCUT2D eigenvalue weighted by Gasteiger charge is -2.08. The summed E-state index contributed by atoms with van der Waals surface area (Å²) in [5.41, 5.74) is 0.752. The van der Waals surface area contributed by atoms with E-state index in [2.05, 4.69) is 10.3 Å². The third-order valence-corrected chi connectivity index (χ3v) is 2.36. The molecule has 1 amide bonds. The van der Waals surface area contributed by atoms with Crippen LogP contribution in [0.25, 0.3) is 10.8 Å². The standard InChI is InChI=1S/C12H10N2O3/c1-7(15)14-11-3-2-9(12(16)17)10-6-13-5-4-8(10)11/h2-6H,1H3,(H,14,15)(H,16,17). The highest BCUT2D eigenvalue weighted by Crippen LogP contribution is 2.25. The van der Waals surface area contributed by atoms with E-state index in [0.29, 0.717) is 16.5 Å². The maximum absolute atomic E-state index is 11.0. The van der Waals surface area contributed by atoms with Crippen LogP contribution in [0.2, 0.25) is 0 Å². The second-order valence-corrected chi connectivity index (χ2v) is 3.57. The lowest BCUT2D eigenvalue weighted by atomic mass is 10.1. The molecule has 0 aliphatic heterocycles. The van der Waals surface area contributed by atoms with Gasteiger partial charge in [-0.15, -0.1) is 0 Å². The number of nitrogens with one attached hydrogen (secondary N) is 1. The van der Waals surface area contributed by atoms with E-state index >= 15 is 0 Å². The van der Waals surface area contributed by atoms with Crippen LogP contribution in [0, 0.1) is 0 Å². The SMILES string of the molecule is CC(=O)Nc1ccc(C(=O)O)c2cnccc12. The Morgan fingerprint density at radius 3 is 2.65 bits per heavy atom. The number of pyridine rings is 1. The van der Waals surface area contributed by atoms with Crippen molar-refractivity contribution in [1.82, 2.24) is 4.98 Å². The zero-order chi connectivity index (χ0) is 12.4. The number of aromatic carboxylic acids is 1. The lowest BCUT2D eigenvalue weighted by molar-refractivity contribution is -0.114. The van der Waals surface area contributed by atoms with Crippen LogP contribution in [-0.2, 0) is 4.79 Å². The molecule has 0 aliphatic carbocycles. The van der Waals surface area contributed by atoms with Crippen molar-refractivity contribution in [3.05, 3.63) is 36.2 Å². The number of carbonyl (C=O) groups excluding carboxylic acids is 1. The molecular weight excluding hydrogens is 220 g/mol. The molecule has 0 unspecified atom stereocenters. The first-order chi connectivity index (χ1) is 8.09. The topological polar surface area (TPSA) is 79.3 Å². The number of hydrogen-bond donors (Lipinski definition) is 2. The molecule has 2 aromatic rings. The molecule has 0 saturated heterocycles. The molecule has 0 bridgehead atoms. The molecule has 0 spiro atoms. The van der Waals surface area contributed by atoms with Crippen LogP contribution < -0.4 is 5.32 Å². The van der Waals surface area contributed by atoms with Gasteiger partial charge in [0.05, 0.1) is 5.56 Å². The summed E-state index contributed by atoms with van der Waals surface area (Å²) >= 11 is 0. The molecule has 5 heteroatoms. The van der Waals surface area contributed by atoms with E-state index in [1.807, 2.05) is 0 Å². The van der Waals surface area contributed by atoms with Gasteiger partial charge in [-0.25, -0.2) is 4.79 Å². The summed E-state index contributed by atoms with van der Waals surface area (Å²) in [4.78, 5) is 26.0. The van der Waals surface area contributed by atoms with Crippen LogP contribution >= 0.6 is 0 Å². The monoisotopic (exact) mass is 230 g/mol. The van der Waals surface area contributed by atoms with Crippen LogP contribution in [0.5, 0.6) is 0 Å². The quantitative estimate of drug-likeness (QED) is 0.825. The molecule has 0 fully saturated rings. The van der Waals surface area contributed by atoms with Crippen molar-refractivity contribution >= 4 is 28.3 Å². The van der Waals surface area contributed by atoms with Gasteiger partial charge < -0.3 is 10.4 Å². The first-order valence-corrected chi connectivity index (χ1v) is 4.97. The van der Waals surface area contributed by atoms with Gasteiger partial charge in [0.15, 0.2) is 0 Å². The maximum Gasteiger partial charge on any atom is 0.336 e. The number of benzene rings is 1. The minimum atomic E-state index is -1.02. The normalized spacial score (nSPS) is 10.2. The van der Waals surface area contributed by atoms with Crippen molar-refractivity contribution in [2.75, 3.05) is 5.32 Å². The highest BCUT2D eigenvalue weighted by Gasteiger charge is 2.11. The molecular formula is C12H10N2O3. The fourth-order valence-corrected chi connectivity index (χ4v) is 1.68. The summed E-state index contributed by atoms with van der Waals surface area (Å²) in [5, 5.41) is 12.9. The molecule has 17 heavy (non-hydrogen) atoms. The van der Waals surface area contributed by atoms with E-state index in [4.69, 9.17) is 5.11 Å². The van der Waals surface area contributed by atoms with Crippen molar-refractivity contribution in [3.63, 3.8) is 0 Å². The second-order valence-electron chi connectivity index (χ2n) is 3.57. The summed E-state index contributed by atoms with van der Waals surface area (Å²) in [6.07, 6.45) is 3.03. The van der Waals surface area contributed by atoms with Gasteiger partial charge in [0.1, 0.15) is 0 Å². The minimum absolute atomic E-state index is 0.169. The number of carbonyl (C=O) groups is 2. The van der Waals surface area contributed by atoms with Crippen molar-refractivity contribution in [2.24, 2.45) is 0 Å². The predicted octanol–water partition coefficient (Wildman–Crippen LogP) is 1.89. The second kappa shape index (κ2) is 4.21. The molecule has 86 valence electrons. The van der Waals surface area contributed by atoms with Gasteiger partial charge in [-0.05, 0) is 18.2 Å². The molecule has 2 rings (SSSR count). The molecule has 1 heterocycles. The van der Waals surface area contributed by atoms with Crippen LogP contribution in [0.3, 0.4) is 0 Å². The Balaban J connectivity index is 2.70. The average molecular weight is 230 g/mol. The van der Waals surface area contributed by atoms with Crippen molar-refractivity contribution in [2.45, 2.75) is 6.92 Å². The van der Waals surface area contributed by atoms with Gasteiger partial charge in [0, 0.05) is 35.8 Å². The molecule has 0 radical (unpaired) electrons. The van der Waals surface area contributed by atoms with Crippen molar-refractivity contribution in [1.29, 1.82) is 0 Å². The average Bonchev–Trinajstić information content (AvgIpc) is 2.28. The number of amides is 1. The highest BCUT2D eigenvalue weighted by atomic mass is 16.4. The molecule has 5 nitrogen and oxygen atoms in total. The maximum atomic E-state index is 11.0. The van der Waals surface area contributed by atoms with E-state index < -0.39 is 5.97 Å². The number of fused-ring (bicyclic) bond motifs is 1. The predicted molar refractivity (Wildman–Crippen MR) is 63.0 cm³/mol. The fraction of sp³-hybridized carbons (Fsp3) is 0.0833. The van der Waals surface area contributed by atoms with Gasteiger partial charge >= 0.3 is 5.97 Å². The molecule has 0 saturated carbocycles. The number of aromatic nitrogens is 1.